The summed E-state index contributed by atoms with van der Waals surface area (Å²) in [4.78, 5) is 27.2. The lowest BCUT2D eigenvalue weighted by Crippen LogP contribution is -2.32. The molecule has 0 fully saturated rings. The van der Waals surface area contributed by atoms with Gasteiger partial charge in [-0.25, -0.2) is 8.42 Å². The Bertz CT molecular complexity index is 1950. The highest BCUT2D eigenvalue weighted by molar-refractivity contribution is 7.92. The largest absolute Gasteiger partial charge is 0.497 e. The fourth-order valence-corrected chi connectivity index (χ4v) is 6.50. The van der Waals surface area contributed by atoms with Gasteiger partial charge in [-0.3, -0.25) is 13.9 Å². The summed E-state index contributed by atoms with van der Waals surface area (Å²) in [5, 5.41) is 2.87. The maximum Gasteiger partial charge on any atom is 0.264 e. The van der Waals surface area contributed by atoms with Crippen molar-refractivity contribution < 1.29 is 22.7 Å². The standard InChI is InChI=1S/C38H36N2O5S/c1-38(2,3)30-19-17-28(18-20-30)36(41)29-13-10-14-31(25-29)39-37(42)34-15-8-9-16-35(34)40(26-27-11-6-5-7-12-27)46(43,44)33-23-21-32(45-4)22-24-33/h5-25H,26H2,1-4H3,(H,39,42). The third kappa shape index (κ3) is 7.19. The van der Waals surface area contributed by atoms with Crippen molar-refractivity contribution in [2.24, 2.45) is 0 Å². The molecule has 0 saturated heterocycles. The lowest BCUT2D eigenvalue weighted by molar-refractivity contribution is 0.102. The monoisotopic (exact) mass is 632 g/mol. The van der Waals surface area contributed by atoms with Crippen LogP contribution >= 0.6 is 0 Å². The number of amides is 1. The van der Waals surface area contributed by atoms with Gasteiger partial charge in [0.2, 0.25) is 0 Å². The number of rotatable bonds is 10. The molecule has 0 bridgehead atoms. The van der Waals surface area contributed by atoms with Gasteiger partial charge in [-0.1, -0.05) is 99.6 Å². The molecule has 1 amide bonds. The predicted molar refractivity (Wildman–Crippen MR) is 182 cm³/mol. The molecule has 46 heavy (non-hydrogen) atoms. The number of anilines is 2. The van der Waals surface area contributed by atoms with Crippen LogP contribution in [-0.4, -0.2) is 27.2 Å². The molecule has 0 aliphatic heterocycles. The van der Waals surface area contributed by atoms with Gasteiger partial charge in [0, 0.05) is 16.8 Å². The number of methoxy groups -OCH3 is 1. The van der Waals surface area contributed by atoms with E-state index in [2.05, 4.69) is 26.1 Å². The van der Waals surface area contributed by atoms with Crippen LogP contribution in [0.5, 0.6) is 5.75 Å². The van der Waals surface area contributed by atoms with Gasteiger partial charge in [0.25, 0.3) is 15.9 Å². The number of sulfonamides is 1. The number of hydrogen-bond donors (Lipinski definition) is 1. The zero-order valence-corrected chi connectivity index (χ0v) is 27.0. The number of ketones is 1. The summed E-state index contributed by atoms with van der Waals surface area (Å²) in [6, 6.07) is 36.1. The number of nitrogens with one attached hydrogen (secondary N) is 1. The van der Waals surface area contributed by atoms with Gasteiger partial charge in [0.1, 0.15) is 5.75 Å². The van der Waals surface area contributed by atoms with Crippen LogP contribution < -0.4 is 14.4 Å². The van der Waals surface area contributed by atoms with E-state index in [1.807, 2.05) is 54.6 Å². The minimum absolute atomic E-state index is 0.00249. The van der Waals surface area contributed by atoms with Gasteiger partial charge >= 0.3 is 0 Å². The normalized spacial score (nSPS) is 11.5. The van der Waals surface area contributed by atoms with E-state index in [9.17, 15) is 18.0 Å². The maximum atomic E-state index is 14.1. The van der Waals surface area contributed by atoms with Crippen LogP contribution in [-0.2, 0) is 22.0 Å². The van der Waals surface area contributed by atoms with E-state index in [-0.39, 0.29) is 33.9 Å². The van der Waals surface area contributed by atoms with Crippen LogP contribution in [0.4, 0.5) is 11.4 Å². The van der Waals surface area contributed by atoms with Crippen LogP contribution in [0.15, 0.2) is 132 Å². The molecule has 0 spiro atoms. The summed E-state index contributed by atoms with van der Waals surface area (Å²) in [6.45, 7) is 6.34. The Kier molecular flexibility index (Phi) is 9.39. The van der Waals surface area contributed by atoms with Gasteiger partial charge in [0.15, 0.2) is 5.78 Å². The first kappa shape index (κ1) is 32.2. The summed E-state index contributed by atoms with van der Waals surface area (Å²) in [5.74, 6) is -0.162. The van der Waals surface area contributed by atoms with Gasteiger partial charge in [0.05, 0.1) is 29.8 Å². The molecule has 0 saturated carbocycles. The first-order chi connectivity index (χ1) is 22.0. The SMILES string of the molecule is COc1ccc(S(=O)(=O)N(Cc2ccccc2)c2ccccc2C(=O)Nc2cccc(C(=O)c3ccc(C(C)(C)C)cc3)c2)cc1. The molecule has 7 nitrogen and oxygen atoms in total. The van der Waals surface area contributed by atoms with Crippen LogP contribution in [0.25, 0.3) is 0 Å². The van der Waals surface area contributed by atoms with Crippen LogP contribution in [0.2, 0.25) is 0 Å². The van der Waals surface area contributed by atoms with Gasteiger partial charge in [-0.15, -0.1) is 0 Å². The second-order valence-corrected chi connectivity index (χ2v) is 13.7. The number of carbonyl (C=O) groups is 2. The number of benzene rings is 5. The van der Waals surface area contributed by atoms with Crippen molar-refractivity contribution in [3.63, 3.8) is 0 Å². The number of para-hydroxylation sites is 1. The van der Waals surface area contributed by atoms with Crippen molar-refractivity contribution in [1.29, 1.82) is 0 Å². The zero-order chi connectivity index (χ0) is 32.9. The fourth-order valence-electron chi connectivity index (χ4n) is 5.03. The molecule has 234 valence electrons. The molecule has 0 aromatic heterocycles. The molecule has 8 heteroatoms. The average molecular weight is 633 g/mol. The molecular formula is C38H36N2O5S. The predicted octanol–water partition coefficient (Wildman–Crippen LogP) is 7.87. The Balaban J connectivity index is 1.46. The number of hydrogen-bond acceptors (Lipinski definition) is 5. The second-order valence-electron chi connectivity index (χ2n) is 11.9. The van der Waals surface area contributed by atoms with E-state index < -0.39 is 15.9 Å². The highest BCUT2D eigenvalue weighted by atomic mass is 32.2. The smallest absolute Gasteiger partial charge is 0.264 e. The molecule has 0 heterocycles. The molecule has 0 atom stereocenters. The van der Waals surface area contributed by atoms with Crippen molar-refractivity contribution in [2.75, 3.05) is 16.7 Å². The maximum absolute atomic E-state index is 14.1. The van der Waals surface area contributed by atoms with E-state index >= 15 is 0 Å². The molecule has 1 N–H and O–H groups in total. The van der Waals surface area contributed by atoms with E-state index in [0.29, 0.717) is 22.6 Å². The number of ether oxygens (including phenoxy) is 1. The molecule has 0 aliphatic carbocycles. The second kappa shape index (κ2) is 13.4. The van der Waals surface area contributed by atoms with E-state index in [1.54, 1.807) is 60.7 Å². The summed E-state index contributed by atoms with van der Waals surface area (Å²) in [7, 11) is -2.60. The van der Waals surface area contributed by atoms with Gasteiger partial charge in [-0.05, 0) is 65.1 Å². The van der Waals surface area contributed by atoms with Gasteiger partial charge in [-0.2, -0.15) is 0 Å². The van der Waals surface area contributed by atoms with Crippen molar-refractivity contribution >= 4 is 33.1 Å². The Morgan fingerprint density at radius 3 is 2.04 bits per heavy atom. The Morgan fingerprint density at radius 2 is 1.39 bits per heavy atom. The molecule has 5 aromatic rings. The highest BCUT2D eigenvalue weighted by Gasteiger charge is 2.29. The fraction of sp³-hybridized carbons (Fsp3) is 0.158. The quantitative estimate of drug-likeness (QED) is 0.158. The third-order valence-corrected chi connectivity index (χ3v) is 9.40. The minimum Gasteiger partial charge on any atom is -0.497 e. The lowest BCUT2D eigenvalue weighted by Gasteiger charge is -2.26. The topological polar surface area (TPSA) is 92.8 Å². The minimum atomic E-state index is -4.11. The van der Waals surface area contributed by atoms with Crippen molar-refractivity contribution in [3.8, 4) is 5.75 Å². The highest BCUT2D eigenvalue weighted by Crippen LogP contribution is 2.31. The summed E-state index contributed by atoms with van der Waals surface area (Å²) < 4.78 is 34.7. The van der Waals surface area contributed by atoms with Crippen LogP contribution in [0, 0.1) is 0 Å². The van der Waals surface area contributed by atoms with Crippen molar-refractivity contribution in [3.05, 3.63) is 155 Å². The first-order valence-corrected chi connectivity index (χ1v) is 16.3. The molecule has 0 unspecified atom stereocenters. The van der Waals surface area contributed by atoms with Crippen molar-refractivity contribution in [2.45, 2.75) is 37.6 Å². The molecular weight excluding hydrogens is 596 g/mol. The Morgan fingerprint density at radius 1 is 0.739 bits per heavy atom. The van der Waals surface area contributed by atoms with Gasteiger partial charge < -0.3 is 10.1 Å². The number of carbonyl (C=O) groups excluding carboxylic acids is 2. The summed E-state index contributed by atoms with van der Waals surface area (Å²) in [5.41, 5.74) is 3.58. The molecule has 5 aromatic carbocycles. The summed E-state index contributed by atoms with van der Waals surface area (Å²) in [6.07, 6.45) is 0. The van der Waals surface area contributed by atoms with E-state index in [1.165, 1.54) is 23.5 Å². The Hall–Kier alpha value is -5.21. The lowest BCUT2D eigenvalue weighted by atomic mass is 9.86. The molecule has 5 rings (SSSR count). The van der Waals surface area contributed by atoms with Crippen LogP contribution in [0.1, 0.15) is 58.2 Å². The third-order valence-electron chi connectivity index (χ3n) is 7.63. The van der Waals surface area contributed by atoms with E-state index in [0.717, 1.165) is 11.1 Å². The zero-order valence-electron chi connectivity index (χ0n) is 26.2. The molecule has 0 aliphatic rings. The average Bonchev–Trinajstić information content (AvgIpc) is 3.07. The summed E-state index contributed by atoms with van der Waals surface area (Å²) >= 11 is 0. The Labute approximate surface area is 270 Å². The number of nitrogens with zero attached hydrogens (tertiary/aromatic N) is 1. The van der Waals surface area contributed by atoms with Crippen LogP contribution in [0.3, 0.4) is 0 Å². The first-order valence-electron chi connectivity index (χ1n) is 14.8. The van der Waals surface area contributed by atoms with Crippen molar-refractivity contribution in [1.82, 2.24) is 0 Å². The van der Waals surface area contributed by atoms with E-state index in [4.69, 9.17) is 4.74 Å². The molecule has 0 radical (unpaired) electrons.